The summed E-state index contributed by atoms with van der Waals surface area (Å²) in [5, 5.41) is 11.4. The molecule has 9 heteroatoms. The fraction of sp³-hybridized carbons (Fsp3) is 0.286. The summed E-state index contributed by atoms with van der Waals surface area (Å²) in [7, 11) is 0. The minimum atomic E-state index is -0.00683. The van der Waals surface area contributed by atoms with Crippen LogP contribution in [0, 0.1) is 13.8 Å². The highest BCUT2D eigenvalue weighted by molar-refractivity contribution is 5.76. The van der Waals surface area contributed by atoms with Crippen molar-refractivity contribution >= 4 is 17.6 Å². The fourth-order valence-electron chi connectivity index (χ4n) is 3.46. The lowest BCUT2D eigenvalue weighted by Crippen LogP contribution is -2.23. The van der Waals surface area contributed by atoms with Gasteiger partial charge < -0.3 is 11.1 Å². The lowest BCUT2D eigenvalue weighted by molar-refractivity contribution is -0.121. The van der Waals surface area contributed by atoms with Gasteiger partial charge in [0.1, 0.15) is 0 Å². The van der Waals surface area contributed by atoms with Crippen molar-refractivity contribution in [2.75, 3.05) is 5.73 Å². The number of hydrogen-bond donors (Lipinski definition) is 2. The Hall–Kier alpha value is -3.75. The van der Waals surface area contributed by atoms with Crippen molar-refractivity contribution in [1.82, 2.24) is 34.7 Å². The third-order valence-corrected chi connectivity index (χ3v) is 5.08. The molecule has 1 amide bonds. The van der Waals surface area contributed by atoms with Crippen LogP contribution >= 0.6 is 0 Å². The second kappa shape index (κ2) is 8.32. The minimum Gasteiger partial charge on any atom is -0.366 e. The molecule has 0 spiro atoms. The highest BCUT2D eigenvalue weighted by atomic mass is 16.1. The summed E-state index contributed by atoms with van der Waals surface area (Å²) in [5.74, 6) is 0.662. The number of aryl methyl sites for hydroxylation is 2. The van der Waals surface area contributed by atoms with Crippen LogP contribution in [0.15, 0.2) is 42.7 Å². The number of nitrogens with zero attached hydrogens (tertiary/aromatic N) is 6. The van der Waals surface area contributed by atoms with Gasteiger partial charge in [-0.1, -0.05) is 24.3 Å². The van der Waals surface area contributed by atoms with Crippen LogP contribution in [0.1, 0.15) is 34.5 Å². The third-order valence-electron chi connectivity index (χ3n) is 5.08. The molecule has 3 N–H and O–H groups in total. The highest BCUT2D eigenvalue weighted by Crippen LogP contribution is 2.16. The van der Waals surface area contributed by atoms with Gasteiger partial charge in [-0.2, -0.15) is 14.6 Å². The highest BCUT2D eigenvalue weighted by Gasteiger charge is 2.13. The number of nitrogen functional groups attached to an aromatic ring is 1. The molecule has 154 valence electrons. The first-order valence-electron chi connectivity index (χ1n) is 9.80. The van der Waals surface area contributed by atoms with Crippen molar-refractivity contribution in [3.05, 3.63) is 70.8 Å². The van der Waals surface area contributed by atoms with Gasteiger partial charge in [0.15, 0.2) is 0 Å². The van der Waals surface area contributed by atoms with Crippen molar-refractivity contribution < 1.29 is 4.79 Å². The molecule has 4 aromatic rings. The number of nitrogens with two attached hydrogens (primary N) is 1. The molecular formula is C21H24N8O. The quantitative estimate of drug-likeness (QED) is 0.485. The number of amides is 1. The molecule has 9 nitrogen and oxygen atoms in total. The number of carbonyl (C=O) groups excluding carboxylic acids is 1. The number of nitrogens with one attached hydrogen (secondary N) is 1. The van der Waals surface area contributed by atoms with Crippen LogP contribution < -0.4 is 11.1 Å². The zero-order valence-corrected chi connectivity index (χ0v) is 17.0. The van der Waals surface area contributed by atoms with Crippen molar-refractivity contribution in [3.8, 4) is 0 Å². The summed E-state index contributed by atoms with van der Waals surface area (Å²) in [6, 6.07) is 10.1. The van der Waals surface area contributed by atoms with E-state index in [2.05, 4.69) is 37.6 Å². The molecule has 0 saturated heterocycles. The first-order chi connectivity index (χ1) is 14.5. The summed E-state index contributed by atoms with van der Waals surface area (Å²) < 4.78 is 3.50. The van der Waals surface area contributed by atoms with Crippen LogP contribution in [0.3, 0.4) is 0 Å². The molecule has 1 aromatic carbocycles. The molecule has 0 atom stereocenters. The predicted octanol–water partition coefficient (Wildman–Crippen LogP) is 1.82. The van der Waals surface area contributed by atoms with E-state index in [1.54, 1.807) is 10.7 Å². The zero-order chi connectivity index (χ0) is 21.1. The number of rotatable bonds is 7. The summed E-state index contributed by atoms with van der Waals surface area (Å²) in [5.41, 5.74) is 10.6. The number of aromatic nitrogens is 6. The average molecular weight is 404 g/mol. The lowest BCUT2D eigenvalue weighted by Gasteiger charge is -2.11. The second-order valence-electron chi connectivity index (χ2n) is 7.24. The minimum absolute atomic E-state index is 0.00683. The fourth-order valence-corrected chi connectivity index (χ4v) is 3.46. The molecule has 3 aromatic heterocycles. The largest absolute Gasteiger partial charge is 0.366 e. The van der Waals surface area contributed by atoms with Gasteiger partial charge in [-0.05, 0) is 43.0 Å². The lowest BCUT2D eigenvalue weighted by atomic mass is 10.1. The molecular weight excluding hydrogens is 380 g/mol. The third kappa shape index (κ3) is 4.29. The molecule has 4 rings (SSSR count). The van der Waals surface area contributed by atoms with Gasteiger partial charge in [0.25, 0.3) is 5.78 Å². The Labute approximate surface area is 174 Å². The normalized spacial score (nSPS) is 11.1. The molecule has 0 aliphatic carbocycles. The number of carbonyl (C=O) groups is 1. The first kappa shape index (κ1) is 19.6. The summed E-state index contributed by atoms with van der Waals surface area (Å²) in [6.07, 6.45) is 4.65. The molecule has 0 radical (unpaired) electrons. The van der Waals surface area contributed by atoms with E-state index in [1.165, 1.54) is 0 Å². The molecule has 3 heterocycles. The van der Waals surface area contributed by atoms with Crippen LogP contribution in [0.25, 0.3) is 5.78 Å². The van der Waals surface area contributed by atoms with E-state index in [9.17, 15) is 4.79 Å². The smallest absolute Gasteiger partial charge is 0.254 e. The van der Waals surface area contributed by atoms with E-state index >= 15 is 0 Å². The number of anilines is 1. The first-order valence-corrected chi connectivity index (χ1v) is 9.80. The second-order valence-corrected chi connectivity index (χ2v) is 7.24. The van der Waals surface area contributed by atoms with Crippen LogP contribution in [0.5, 0.6) is 0 Å². The van der Waals surface area contributed by atoms with Gasteiger partial charge in [-0.25, -0.2) is 4.98 Å². The average Bonchev–Trinajstić information content (AvgIpc) is 3.36. The SMILES string of the molecule is Cc1nc2nc(N)nn2c(C)c1CCC(=O)NCc1ccc(Cn2cccn2)cc1. The van der Waals surface area contributed by atoms with E-state index in [0.717, 1.165) is 34.6 Å². The Kier molecular flexibility index (Phi) is 5.42. The Morgan fingerprint density at radius 1 is 1.13 bits per heavy atom. The van der Waals surface area contributed by atoms with Crippen LogP contribution in [0.2, 0.25) is 0 Å². The Balaban J connectivity index is 1.31. The van der Waals surface area contributed by atoms with Crippen molar-refractivity contribution in [3.63, 3.8) is 0 Å². The summed E-state index contributed by atoms with van der Waals surface area (Å²) >= 11 is 0. The summed E-state index contributed by atoms with van der Waals surface area (Å²) in [4.78, 5) is 20.9. The molecule has 0 bridgehead atoms. The van der Waals surface area contributed by atoms with Gasteiger partial charge >= 0.3 is 0 Å². The Morgan fingerprint density at radius 2 is 1.90 bits per heavy atom. The number of hydrogen-bond acceptors (Lipinski definition) is 6. The maximum atomic E-state index is 12.4. The van der Waals surface area contributed by atoms with Crippen LogP contribution in [-0.2, 0) is 24.3 Å². The standard InChI is InChI=1S/C21H24N8O/c1-14-18(15(2)29-21(25-14)26-20(22)27-29)8-9-19(30)23-12-16-4-6-17(7-5-16)13-28-11-3-10-24-28/h3-7,10-11H,8-9,12-13H2,1-2H3,(H2,22,27)(H,23,30). The molecule has 30 heavy (non-hydrogen) atoms. The Bertz CT molecular complexity index is 1160. The summed E-state index contributed by atoms with van der Waals surface area (Å²) in [6.45, 7) is 5.08. The van der Waals surface area contributed by atoms with E-state index in [4.69, 9.17) is 5.73 Å². The van der Waals surface area contributed by atoms with Gasteiger partial charge in [0, 0.05) is 36.7 Å². The van der Waals surface area contributed by atoms with Gasteiger partial charge in [-0.15, -0.1) is 5.10 Å². The van der Waals surface area contributed by atoms with E-state index < -0.39 is 0 Å². The van der Waals surface area contributed by atoms with Gasteiger partial charge in [0.05, 0.1) is 6.54 Å². The zero-order valence-electron chi connectivity index (χ0n) is 17.0. The van der Waals surface area contributed by atoms with E-state index in [0.29, 0.717) is 25.2 Å². The van der Waals surface area contributed by atoms with Gasteiger partial charge in [-0.3, -0.25) is 9.48 Å². The molecule has 0 fully saturated rings. The number of benzene rings is 1. The number of fused-ring (bicyclic) bond motifs is 1. The predicted molar refractivity (Wildman–Crippen MR) is 113 cm³/mol. The van der Waals surface area contributed by atoms with Crippen molar-refractivity contribution in [2.45, 2.75) is 39.8 Å². The monoisotopic (exact) mass is 404 g/mol. The van der Waals surface area contributed by atoms with Crippen LogP contribution in [0.4, 0.5) is 5.95 Å². The van der Waals surface area contributed by atoms with E-state index in [1.807, 2.05) is 42.9 Å². The maximum absolute atomic E-state index is 12.4. The Morgan fingerprint density at radius 3 is 2.63 bits per heavy atom. The van der Waals surface area contributed by atoms with Crippen molar-refractivity contribution in [2.24, 2.45) is 0 Å². The van der Waals surface area contributed by atoms with E-state index in [-0.39, 0.29) is 11.9 Å². The van der Waals surface area contributed by atoms with Gasteiger partial charge in [0.2, 0.25) is 11.9 Å². The molecule has 0 saturated carbocycles. The van der Waals surface area contributed by atoms with Crippen molar-refractivity contribution in [1.29, 1.82) is 0 Å². The van der Waals surface area contributed by atoms with Crippen LogP contribution in [-0.4, -0.2) is 35.3 Å². The topological polar surface area (TPSA) is 116 Å². The molecule has 0 unspecified atom stereocenters. The molecule has 0 aliphatic rings. The maximum Gasteiger partial charge on any atom is 0.254 e. The molecule has 0 aliphatic heterocycles.